The second-order valence-electron chi connectivity index (χ2n) is 5.23. The van der Waals surface area contributed by atoms with Crippen LogP contribution in [0.25, 0.3) is 11.1 Å². The van der Waals surface area contributed by atoms with Crippen molar-refractivity contribution in [2.45, 2.75) is 18.9 Å². The van der Waals surface area contributed by atoms with Gasteiger partial charge in [-0.05, 0) is 41.2 Å². The van der Waals surface area contributed by atoms with Crippen LogP contribution in [-0.4, -0.2) is 6.61 Å². The molecule has 0 bridgehead atoms. The third-order valence-corrected chi connectivity index (χ3v) is 3.98. The summed E-state index contributed by atoms with van der Waals surface area (Å²) in [5.41, 5.74) is 7.00. The average molecular weight is 222 g/mol. The van der Waals surface area contributed by atoms with Gasteiger partial charge in [-0.1, -0.05) is 42.5 Å². The zero-order valence-electron chi connectivity index (χ0n) is 9.86. The Balaban J connectivity index is 1.86. The molecular formula is C16H14O. The zero-order valence-corrected chi connectivity index (χ0v) is 9.86. The van der Waals surface area contributed by atoms with Gasteiger partial charge in [0.2, 0.25) is 0 Å². The number of epoxide rings is 1. The van der Waals surface area contributed by atoms with E-state index in [1.807, 2.05) is 0 Å². The molecule has 0 unspecified atom stereocenters. The highest BCUT2D eigenvalue weighted by atomic mass is 16.6. The summed E-state index contributed by atoms with van der Waals surface area (Å²) < 4.78 is 5.52. The van der Waals surface area contributed by atoms with Crippen molar-refractivity contribution >= 4 is 0 Å². The molecule has 84 valence electrons. The Morgan fingerprint density at radius 1 is 1.00 bits per heavy atom. The Kier molecular flexibility index (Phi) is 1.66. The Morgan fingerprint density at radius 2 is 1.76 bits per heavy atom. The summed E-state index contributed by atoms with van der Waals surface area (Å²) in [5.74, 6) is 0. The number of rotatable bonds is 1. The van der Waals surface area contributed by atoms with Gasteiger partial charge in [0, 0.05) is 0 Å². The lowest BCUT2D eigenvalue weighted by molar-refractivity contribution is 0.329. The Labute approximate surface area is 101 Å². The SMILES string of the molecule is C[C@]1(c2ccc3c(c2)Cc2ccccc2-3)CO1. The third kappa shape index (κ3) is 1.29. The topological polar surface area (TPSA) is 12.5 Å². The molecule has 1 atom stereocenters. The van der Waals surface area contributed by atoms with Crippen molar-refractivity contribution in [2.75, 3.05) is 6.61 Å². The van der Waals surface area contributed by atoms with Gasteiger partial charge in [-0.3, -0.25) is 0 Å². The molecule has 0 spiro atoms. The quantitative estimate of drug-likeness (QED) is 0.574. The number of benzene rings is 2. The maximum Gasteiger partial charge on any atom is 0.114 e. The van der Waals surface area contributed by atoms with Crippen LogP contribution in [0.2, 0.25) is 0 Å². The van der Waals surface area contributed by atoms with Crippen LogP contribution < -0.4 is 0 Å². The van der Waals surface area contributed by atoms with Crippen LogP contribution in [0, 0.1) is 0 Å². The third-order valence-electron chi connectivity index (χ3n) is 3.98. The van der Waals surface area contributed by atoms with E-state index >= 15 is 0 Å². The summed E-state index contributed by atoms with van der Waals surface area (Å²) in [4.78, 5) is 0. The highest BCUT2D eigenvalue weighted by Crippen LogP contribution is 2.42. The first-order valence-corrected chi connectivity index (χ1v) is 6.12. The molecule has 1 heteroatoms. The van der Waals surface area contributed by atoms with E-state index in [2.05, 4.69) is 49.4 Å². The first-order chi connectivity index (χ1) is 8.26. The fraction of sp³-hybridized carbons (Fsp3) is 0.250. The van der Waals surface area contributed by atoms with Crippen LogP contribution in [0.3, 0.4) is 0 Å². The molecule has 1 heterocycles. The molecule has 4 rings (SSSR count). The van der Waals surface area contributed by atoms with E-state index in [-0.39, 0.29) is 5.60 Å². The van der Waals surface area contributed by atoms with Gasteiger partial charge >= 0.3 is 0 Å². The zero-order chi connectivity index (χ0) is 11.5. The minimum absolute atomic E-state index is 0.0101. The fourth-order valence-electron chi connectivity index (χ4n) is 2.75. The van der Waals surface area contributed by atoms with E-state index < -0.39 is 0 Å². The standard InChI is InChI=1S/C16H14O/c1-16(10-17-16)13-6-7-15-12(9-13)8-11-4-2-3-5-14(11)15/h2-7,9H,8,10H2,1H3/t16-/m1/s1. The second-order valence-corrected chi connectivity index (χ2v) is 5.23. The first kappa shape index (κ1) is 9.43. The molecule has 2 aliphatic rings. The molecule has 0 N–H and O–H groups in total. The summed E-state index contributed by atoms with van der Waals surface area (Å²) in [7, 11) is 0. The van der Waals surface area contributed by atoms with Crippen LogP contribution in [0.4, 0.5) is 0 Å². The van der Waals surface area contributed by atoms with Crippen LogP contribution in [0.1, 0.15) is 23.6 Å². The maximum absolute atomic E-state index is 5.52. The van der Waals surface area contributed by atoms with Crippen molar-refractivity contribution in [3.05, 3.63) is 59.2 Å². The lowest BCUT2D eigenvalue weighted by atomic mass is 9.97. The second kappa shape index (κ2) is 2.99. The lowest BCUT2D eigenvalue weighted by Gasteiger charge is -2.08. The lowest BCUT2D eigenvalue weighted by Crippen LogP contribution is -2.02. The molecule has 0 radical (unpaired) electrons. The van der Waals surface area contributed by atoms with Crippen LogP contribution in [-0.2, 0) is 16.8 Å². The van der Waals surface area contributed by atoms with Gasteiger partial charge in [0.05, 0.1) is 6.61 Å². The van der Waals surface area contributed by atoms with Gasteiger partial charge in [-0.15, -0.1) is 0 Å². The fourth-order valence-corrected chi connectivity index (χ4v) is 2.75. The molecule has 1 fully saturated rings. The first-order valence-electron chi connectivity index (χ1n) is 6.12. The Bertz CT molecular complexity index is 609. The Morgan fingerprint density at radius 3 is 2.59 bits per heavy atom. The van der Waals surface area contributed by atoms with Crippen molar-refractivity contribution in [1.82, 2.24) is 0 Å². The van der Waals surface area contributed by atoms with E-state index in [4.69, 9.17) is 4.74 Å². The minimum Gasteiger partial charge on any atom is -0.365 e. The molecule has 1 saturated heterocycles. The van der Waals surface area contributed by atoms with E-state index in [1.54, 1.807) is 0 Å². The summed E-state index contributed by atoms with van der Waals surface area (Å²) in [6.45, 7) is 3.02. The highest BCUT2D eigenvalue weighted by Gasteiger charge is 2.41. The molecule has 1 aliphatic heterocycles. The smallest absolute Gasteiger partial charge is 0.114 e. The minimum atomic E-state index is -0.0101. The van der Waals surface area contributed by atoms with Crippen molar-refractivity contribution in [1.29, 1.82) is 0 Å². The summed E-state index contributed by atoms with van der Waals surface area (Å²) in [5, 5.41) is 0. The van der Waals surface area contributed by atoms with E-state index in [9.17, 15) is 0 Å². The number of fused-ring (bicyclic) bond motifs is 3. The molecule has 0 amide bonds. The predicted octanol–water partition coefficient (Wildman–Crippen LogP) is 3.50. The van der Waals surface area contributed by atoms with Crippen molar-refractivity contribution in [2.24, 2.45) is 0 Å². The maximum atomic E-state index is 5.52. The Hall–Kier alpha value is -1.60. The van der Waals surface area contributed by atoms with E-state index in [0.717, 1.165) is 13.0 Å². The van der Waals surface area contributed by atoms with Gasteiger partial charge in [0.15, 0.2) is 0 Å². The summed E-state index contributed by atoms with van der Waals surface area (Å²) >= 11 is 0. The number of hydrogen-bond donors (Lipinski definition) is 0. The van der Waals surface area contributed by atoms with Crippen molar-refractivity contribution in [3.8, 4) is 11.1 Å². The molecule has 0 aromatic heterocycles. The molecule has 0 saturated carbocycles. The summed E-state index contributed by atoms with van der Waals surface area (Å²) in [6.07, 6.45) is 1.06. The van der Waals surface area contributed by atoms with Crippen molar-refractivity contribution in [3.63, 3.8) is 0 Å². The average Bonchev–Trinajstić information content (AvgIpc) is 3.00. The molecular weight excluding hydrogens is 208 g/mol. The van der Waals surface area contributed by atoms with Crippen LogP contribution >= 0.6 is 0 Å². The number of ether oxygens (including phenoxy) is 1. The molecule has 1 aliphatic carbocycles. The molecule has 1 nitrogen and oxygen atoms in total. The molecule has 17 heavy (non-hydrogen) atoms. The van der Waals surface area contributed by atoms with Crippen molar-refractivity contribution < 1.29 is 4.74 Å². The molecule has 2 aromatic rings. The predicted molar refractivity (Wildman–Crippen MR) is 68.0 cm³/mol. The molecule has 2 aromatic carbocycles. The van der Waals surface area contributed by atoms with E-state index in [0.29, 0.717) is 0 Å². The van der Waals surface area contributed by atoms with Crippen LogP contribution in [0.15, 0.2) is 42.5 Å². The highest BCUT2D eigenvalue weighted by molar-refractivity contribution is 5.77. The van der Waals surface area contributed by atoms with Gasteiger partial charge in [0.25, 0.3) is 0 Å². The van der Waals surface area contributed by atoms with Gasteiger partial charge < -0.3 is 4.74 Å². The monoisotopic (exact) mass is 222 g/mol. The van der Waals surface area contributed by atoms with Gasteiger partial charge in [-0.2, -0.15) is 0 Å². The summed E-state index contributed by atoms with van der Waals surface area (Å²) in [6, 6.07) is 15.5. The van der Waals surface area contributed by atoms with Crippen LogP contribution in [0.5, 0.6) is 0 Å². The normalized spacial score (nSPS) is 24.3. The van der Waals surface area contributed by atoms with Gasteiger partial charge in [-0.25, -0.2) is 0 Å². The number of hydrogen-bond acceptors (Lipinski definition) is 1. The van der Waals surface area contributed by atoms with E-state index in [1.165, 1.54) is 27.8 Å². The van der Waals surface area contributed by atoms with Gasteiger partial charge in [0.1, 0.15) is 5.60 Å². The largest absolute Gasteiger partial charge is 0.365 e.